The number of hydrogen-bond donors (Lipinski definition) is 1. The highest BCUT2D eigenvalue weighted by Gasteiger charge is 2.17. The number of hydrogen-bond acceptors (Lipinski definition) is 3. The van der Waals surface area contributed by atoms with Crippen LogP contribution in [0.25, 0.3) is 0 Å². The van der Waals surface area contributed by atoms with Crippen LogP contribution in [0.15, 0.2) is 34.9 Å². The zero-order valence-corrected chi connectivity index (χ0v) is 13.4. The Bertz CT molecular complexity index is 568. The van der Waals surface area contributed by atoms with Crippen LogP contribution in [0.1, 0.15) is 22.9 Å². The second kappa shape index (κ2) is 7.02. The number of ether oxygens (including phenoxy) is 1. The fraction of sp³-hybridized carbons (Fsp3) is 0.400. The summed E-state index contributed by atoms with van der Waals surface area (Å²) < 4.78 is 7.97. The minimum atomic E-state index is -0.0921. The zero-order valence-electron chi connectivity index (χ0n) is 11.8. The molecular weight excluding hydrogens is 318 g/mol. The van der Waals surface area contributed by atoms with E-state index in [2.05, 4.69) is 52.2 Å². The molecule has 0 saturated heterocycles. The highest BCUT2D eigenvalue weighted by atomic mass is 79.9. The number of aryl methyl sites for hydroxylation is 1. The first kappa shape index (κ1) is 15.2. The van der Waals surface area contributed by atoms with E-state index in [1.165, 1.54) is 11.1 Å². The molecule has 108 valence electrons. The molecule has 0 fully saturated rings. The van der Waals surface area contributed by atoms with Gasteiger partial charge in [0.25, 0.3) is 0 Å². The Morgan fingerprint density at radius 3 is 2.95 bits per heavy atom. The molecule has 1 aromatic heterocycles. The molecule has 0 aliphatic rings. The summed E-state index contributed by atoms with van der Waals surface area (Å²) in [5, 5.41) is 4.34. The molecule has 1 heterocycles. The van der Waals surface area contributed by atoms with E-state index < -0.39 is 0 Å². The van der Waals surface area contributed by atoms with Crippen molar-refractivity contribution in [2.45, 2.75) is 25.9 Å². The largest absolute Gasteiger partial charge is 0.383 e. The summed E-state index contributed by atoms with van der Waals surface area (Å²) in [5.41, 5.74) is 9.87. The maximum atomic E-state index is 6.36. The summed E-state index contributed by atoms with van der Waals surface area (Å²) in [7, 11) is 1.69. The normalized spacial score (nSPS) is 12.6. The molecule has 0 aliphatic carbocycles. The van der Waals surface area contributed by atoms with E-state index in [0.29, 0.717) is 13.2 Å². The number of aromatic nitrogens is 2. The van der Waals surface area contributed by atoms with Crippen molar-refractivity contribution in [3.63, 3.8) is 0 Å². The van der Waals surface area contributed by atoms with Crippen LogP contribution in [0.4, 0.5) is 0 Å². The van der Waals surface area contributed by atoms with Gasteiger partial charge in [-0.1, -0.05) is 29.8 Å². The molecule has 1 atom stereocenters. The smallest absolute Gasteiger partial charge is 0.0697 e. The Kier molecular flexibility index (Phi) is 5.34. The van der Waals surface area contributed by atoms with Crippen LogP contribution < -0.4 is 5.73 Å². The molecule has 0 radical (unpaired) electrons. The highest BCUT2D eigenvalue weighted by Crippen LogP contribution is 2.24. The first-order valence-electron chi connectivity index (χ1n) is 6.63. The van der Waals surface area contributed by atoms with E-state index in [0.717, 1.165) is 16.6 Å². The lowest BCUT2D eigenvalue weighted by molar-refractivity contribution is 0.182. The van der Waals surface area contributed by atoms with Crippen LogP contribution in [0.5, 0.6) is 0 Å². The number of nitrogens with zero attached hydrogens (tertiary/aromatic N) is 2. The van der Waals surface area contributed by atoms with Gasteiger partial charge in [-0.05, 0) is 34.8 Å². The summed E-state index contributed by atoms with van der Waals surface area (Å²) in [6.07, 6.45) is 2.58. The lowest BCUT2D eigenvalue weighted by atomic mass is 10.0. The van der Waals surface area contributed by atoms with Crippen LogP contribution in [0, 0.1) is 6.92 Å². The van der Waals surface area contributed by atoms with Crippen molar-refractivity contribution in [2.75, 3.05) is 13.7 Å². The van der Waals surface area contributed by atoms with E-state index in [4.69, 9.17) is 10.5 Å². The predicted octanol–water partition coefficient (Wildman–Crippen LogP) is 2.84. The summed E-state index contributed by atoms with van der Waals surface area (Å²) >= 11 is 3.53. The lowest BCUT2D eigenvalue weighted by Gasteiger charge is -2.15. The second-order valence-electron chi connectivity index (χ2n) is 4.89. The SMILES string of the molecule is COCCn1ncc(Br)c1C(N)Cc1cccc(C)c1. The van der Waals surface area contributed by atoms with Gasteiger partial charge in [-0.25, -0.2) is 0 Å². The summed E-state index contributed by atoms with van der Waals surface area (Å²) in [6, 6.07) is 8.34. The van der Waals surface area contributed by atoms with E-state index in [9.17, 15) is 0 Å². The van der Waals surface area contributed by atoms with E-state index in [1.54, 1.807) is 13.3 Å². The third-order valence-corrected chi connectivity index (χ3v) is 3.84. The fourth-order valence-corrected chi connectivity index (χ4v) is 2.88. The number of benzene rings is 1. The maximum Gasteiger partial charge on any atom is 0.0697 e. The molecule has 2 rings (SSSR count). The van der Waals surface area contributed by atoms with E-state index >= 15 is 0 Å². The first-order valence-corrected chi connectivity index (χ1v) is 7.42. The van der Waals surface area contributed by atoms with Crippen molar-refractivity contribution >= 4 is 15.9 Å². The minimum absolute atomic E-state index is 0.0921. The van der Waals surface area contributed by atoms with Crippen molar-refractivity contribution in [1.82, 2.24) is 9.78 Å². The highest BCUT2D eigenvalue weighted by molar-refractivity contribution is 9.10. The van der Waals surface area contributed by atoms with Crippen LogP contribution in [0.3, 0.4) is 0 Å². The van der Waals surface area contributed by atoms with Gasteiger partial charge in [-0.3, -0.25) is 4.68 Å². The Hall–Kier alpha value is -1.17. The van der Waals surface area contributed by atoms with Crippen molar-refractivity contribution in [3.05, 3.63) is 51.8 Å². The van der Waals surface area contributed by atoms with Gasteiger partial charge in [0.05, 0.1) is 35.6 Å². The quantitative estimate of drug-likeness (QED) is 0.881. The average molecular weight is 338 g/mol. The topological polar surface area (TPSA) is 53.1 Å². The molecule has 0 amide bonds. The zero-order chi connectivity index (χ0) is 14.5. The van der Waals surface area contributed by atoms with Gasteiger partial charge in [0.1, 0.15) is 0 Å². The number of methoxy groups -OCH3 is 1. The van der Waals surface area contributed by atoms with Gasteiger partial charge in [-0.15, -0.1) is 0 Å². The monoisotopic (exact) mass is 337 g/mol. The maximum absolute atomic E-state index is 6.36. The third kappa shape index (κ3) is 3.69. The van der Waals surface area contributed by atoms with Crippen molar-refractivity contribution in [2.24, 2.45) is 5.73 Å². The molecule has 2 N–H and O–H groups in total. The Morgan fingerprint density at radius 2 is 2.25 bits per heavy atom. The van der Waals surface area contributed by atoms with E-state index in [1.807, 2.05) is 4.68 Å². The van der Waals surface area contributed by atoms with Crippen molar-refractivity contribution in [3.8, 4) is 0 Å². The molecule has 0 aliphatic heterocycles. The molecule has 5 heteroatoms. The Labute approximate surface area is 128 Å². The van der Waals surface area contributed by atoms with Gasteiger partial charge in [0, 0.05) is 7.11 Å². The minimum Gasteiger partial charge on any atom is -0.383 e. The number of halogens is 1. The molecule has 2 aromatic rings. The second-order valence-corrected chi connectivity index (χ2v) is 5.75. The lowest BCUT2D eigenvalue weighted by Crippen LogP contribution is -2.20. The number of rotatable bonds is 6. The molecule has 0 saturated carbocycles. The van der Waals surface area contributed by atoms with Crippen LogP contribution in [0.2, 0.25) is 0 Å². The van der Waals surface area contributed by atoms with Gasteiger partial charge < -0.3 is 10.5 Å². The molecule has 4 nitrogen and oxygen atoms in total. The summed E-state index contributed by atoms with van der Waals surface area (Å²) in [5.74, 6) is 0. The first-order chi connectivity index (χ1) is 9.61. The van der Waals surface area contributed by atoms with E-state index in [-0.39, 0.29) is 6.04 Å². The average Bonchev–Trinajstić information content (AvgIpc) is 2.77. The Balaban J connectivity index is 2.16. The molecule has 1 unspecified atom stereocenters. The number of nitrogens with two attached hydrogens (primary N) is 1. The van der Waals surface area contributed by atoms with Gasteiger partial charge in [-0.2, -0.15) is 5.10 Å². The van der Waals surface area contributed by atoms with Gasteiger partial charge >= 0.3 is 0 Å². The summed E-state index contributed by atoms with van der Waals surface area (Å²) in [6.45, 7) is 3.42. The fourth-order valence-electron chi connectivity index (χ4n) is 2.29. The third-order valence-electron chi connectivity index (χ3n) is 3.23. The standard InChI is InChI=1S/C15H20BrN3O/c1-11-4-3-5-12(8-11)9-14(17)15-13(16)10-18-19(15)6-7-20-2/h3-5,8,10,14H,6-7,9,17H2,1-2H3. The predicted molar refractivity (Wildman–Crippen MR) is 83.6 cm³/mol. The molecule has 0 spiro atoms. The molecular formula is C15H20BrN3O. The van der Waals surface area contributed by atoms with Gasteiger partial charge in [0.15, 0.2) is 0 Å². The molecule has 1 aromatic carbocycles. The van der Waals surface area contributed by atoms with Gasteiger partial charge in [0.2, 0.25) is 0 Å². The van der Waals surface area contributed by atoms with Crippen molar-refractivity contribution < 1.29 is 4.74 Å². The molecule has 20 heavy (non-hydrogen) atoms. The summed E-state index contributed by atoms with van der Waals surface area (Å²) in [4.78, 5) is 0. The van der Waals surface area contributed by atoms with Crippen LogP contribution >= 0.6 is 15.9 Å². The van der Waals surface area contributed by atoms with Crippen LogP contribution in [-0.4, -0.2) is 23.5 Å². The van der Waals surface area contributed by atoms with Crippen LogP contribution in [-0.2, 0) is 17.7 Å². The molecule has 0 bridgehead atoms. The van der Waals surface area contributed by atoms with Crippen molar-refractivity contribution in [1.29, 1.82) is 0 Å². The Morgan fingerprint density at radius 1 is 1.45 bits per heavy atom.